The standard InChI is InChI=1S/C14H19FN4O3/c1-14(15)5-9(6-14)12(20)18-4-2-3-10(7-18)19-8-11(13(21)22)16-17-19/h8-10H,2-7H2,1H3,(H,21,22). The van der Waals surface area contributed by atoms with Crippen LogP contribution in [0.5, 0.6) is 0 Å². The van der Waals surface area contributed by atoms with Crippen molar-refractivity contribution < 1.29 is 19.1 Å². The van der Waals surface area contributed by atoms with Crippen molar-refractivity contribution >= 4 is 11.9 Å². The summed E-state index contributed by atoms with van der Waals surface area (Å²) in [4.78, 5) is 25.0. The third-order valence-corrected chi connectivity index (χ3v) is 4.50. The fourth-order valence-corrected chi connectivity index (χ4v) is 3.32. The van der Waals surface area contributed by atoms with Gasteiger partial charge in [0, 0.05) is 19.0 Å². The fraction of sp³-hybridized carbons (Fsp3) is 0.714. The van der Waals surface area contributed by atoms with E-state index in [0.717, 1.165) is 12.8 Å². The maximum absolute atomic E-state index is 13.6. The van der Waals surface area contributed by atoms with Crippen LogP contribution in [0.3, 0.4) is 0 Å². The smallest absolute Gasteiger partial charge is 0.358 e. The van der Waals surface area contributed by atoms with Gasteiger partial charge in [-0.15, -0.1) is 5.10 Å². The molecule has 1 unspecified atom stereocenters. The zero-order valence-corrected chi connectivity index (χ0v) is 12.4. The number of carbonyl (C=O) groups is 2. The highest BCUT2D eigenvalue weighted by Gasteiger charge is 2.46. The lowest BCUT2D eigenvalue weighted by molar-refractivity contribution is -0.145. The van der Waals surface area contributed by atoms with Gasteiger partial charge in [0.15, 0.2) is 5.69 Å². The topological polar surface area (TPSA) is 88.3 Å². The van der Waals surface area contributed by atoms with Crippen LogP contribution in [0, 0.1) is 5.92 Å². The molecule has 1 aromatic heterocycles. The van der Waals surface area contributed by atoms with Gasteiger partial charge in [-0.3, -0.25) is 4.79 Å². The van der Waals surface area contributed by atoms with Crippen molar-refractivity contribution in [2.24, 2.45) is 5.92 Å². The van der Waals surface area contributed by atoms with Gasteiger partial charge in [-0.05, 0) is 32.6 Å². The molecule has 1 saturated heterocycles. The van der Waals surface area contributed by atoms with Gasteiger partial charge in [-0.1, -0.05) is 5.21 Å². The summed E-state index contributed by atoms with van der Waals surface area (Å²) in [5.74, 6) is -1.34. The van der Waals surface area contributed by atoms with Gasteiger partial charge in [-0.25, -0.2) is 13.9 Å². The number of alkyl halides is 1. The second-order valence-corrected chi connectivity index (χ2v) is 6.49. The molecule has 1 aromatic rings. The number of piperidine rings is 1. The Kier molecular flexibility index (Phi) is 3.62. The summed E-state index contributed by atoms with van der Waals surface area (Å²) in [6, 6.07) is -0.0739. The lowest BCUT2D eigenvalue weighted by Crippen LogP contribution is -2.50. The molecular weight excluding hydrogens is 291 g/mol. The molecule has 2 heterocycles. The van der Waals surface area contributed by atoms with Gasteiger partial charge in [0.25, 0.3) is 0 Å². The number of nitrogens with zero attached hydrogens (tertiary/aromatic N) is 4. The lowest BCUT2D eigenvalue weighted by atomic mass is 9.72. The van der Waals surface area contributed by atoms with E-state index in [9.17, 15) is 14.0 Å². The molecule has 2 aliphatic rings. The van der Waals surface area contributed by atoms with E-state index in [1.165, 1.54) is 17.8 Å². The van der Waals surface area contributed by atoms with Gasteiger partial charge >= 0.3 is 5.97 Å². The zero-order chi connectivity index (χ0) is 15.9. The van der Waals surface area contributed by atoms with Gasteiger partial charge in [0.1, 0.15) is 5.67 Å². The second kappa shape index (κ2) is 5.33. The van der Waals surface area contributed by atoms with E-state index in [4.69, 9.17) is 5.11 Å². The van der Waals surface area contributed by atoms with Crippen LogP contribution in [-0.2, 0) is 4.79 Å². The zero-order valence-electron chi connectivity index (χ0n) is 12.4. The van der Waals surface area contributed by atoms with E-state index in [0.29, 0.717) is 25.9 Å². The quantitative estimate of drug-likeness (QED) is 0.908. The fourth-order valence-electron chi connectivity index (χ4n) is 3.32. The molecule has 1 saturated carbocycles. The summed E-state index contributed by atoms with van der Waals surface area (Å²) in [7, 11) is 0. The Morgan fingerprint density at radius 2 is 2.18 bits per heavy atom. The van der Waals surface area contributed by atoms with E-state index in [2.05, 4.69) is 10.3 Å². The van der Waals surface area contributed by atoms with Crippen LogP contribution in [0.25, 0.3) is 0 Å². The van der Waals surface area contributed by atoms with Gasteiger partial charge in [0.2, 0.25) is 5.91 Å². The minimum atomic E-state index is -1.21. The molecule has 3 rings (SSSR count). The SMILES string of the molecule is CC1(F)CC(C(=O)N2CCCC(n3cc(C(=O)O)nn3)C2)C1. The van der Waals surface area contributed by atoms with Gasteiger partial charge in [0.05, 0.1) is 12.2 Å². The average Bonchev–Trinajstić information content (AvgIpc) is 2.94. The molecule has 0 radical (unpaired) electrons. The molecule has 8 heteroatoms. The molecular formula is C14H19FN4O3. The van der Waals surface area contributed by atoms with Crippen molar-refractivity contribution in [2.45, 2.75) is 44.3 Å². The van der Waals surface area contributed by atoms with Crippen molar-refractivity contribution in [3.8, 4) is 0 Å². The molecule has 0 aromatic carbocycles. The van der Waals surface area contributed by atoms with E-state index in [1.54, 1.807) is 4.90 Å². The second-order valence-electron chi connectivity index (χ2n) is 6.49. The first-order chi connectivity index (χ1) is 10.4. The van der Waals surface area contributed by atoms with E-state index in [1.807, 2.05) is 0 Å². The van der Waals surface area contributed by atoms with Crippen molar-refractivity contribution in [3.63, 3.8) is 0 Å². The number of rotatable bonds is 3. The number of carboxylic acid groups (broad SMARTS) is 1. The first-order valence-corrected chi connectivity index (χ1v) is 7.48. The largest absolute Gasteiger partial charge is 0.476 e. The highest BCUT2D eigenvalue weighted by Crippen LogP contribution is 2.42. The number of hydrogen-bond donors (Lipinski definition) is 1. The number of amides is 1. The predicted octanol–water partition coefficient (Wildman–Crippen LogP) is 1.28. The number of aromatic nitrogens is 3. The van der Waals surface area contributed by atoms with Crippen molar-refractivity contribution in [3.05, 3.63) is 11.9 Å². The highest BCUT2D eigenvalue weighted by atomic mass is 19.1. The molecule has 2 fully saturated rings. The summed E-state index contributed by atoms with van der Waals surface area (Å²) in [6.07, 6.45) is 3.61. The molecule has 1 atom stereocenters. The number of halogens is 1. The number of likely N-dealkylation sites (tertiary alicyclic amines) is 1. The van der Waals surface area contributed by atoms with Crippen LogP contribution in [0.4, 0.5) is 4.39 Å². The Hall–Kier alpha value is -1.99. The molecule has 1 amide bonds. The molecule has 0 bridgehead atoms. The van der Waals surface area contributed by atoms with Crippen LogP contribution in [0.2, 0.25) is 0 Å². The lowest BCUT2D eigenvalue weighted by Gasteiger charge is -2.42. The van der Waals surface area contributed by atoms with E-state index >= 15 is 0 Å². The summed E-state index contributed by atoms with van der Waals surface area (Å²) >= 11 is 0. The molecule has 1 N–H and O–H groups in total. The van der Waals surface area contributed by atoms with Gasteiger partial charge in [-0.2, -0.15) is 0 Å². The Morgan fingerprint density at radius 1 is 1.45 bits per heavy atom. The predicted molar refractivity (Wildman–Crippen MR) is 74.1 cm³/mol. The summed E-state index contributed by atoms with van der Waals surface area (Å²) in [5, 5.41) is 16.3. The van der Waals surface area contributed by atoms with Crippen molar-refractivity contribution in [2.75, 3.05) is 13.1 Å². The van der Waals surface area contributed by atoms with Crippen LogP contribution in [0.1, 0.15) is 49.1 Å². The number of aromatic carboxylic acids is 1. The summed E-state index contributed by atoms with van der Waals surface area (Å²) in [6.45, 7) is 2.66. The normalized spacial score (nSPS) is 31.6. The first kappa shape index (κ1) is 14.9. The Bertz CT molecular complexity index is 593. The third kappa shape index (κ3) is 2.82. The number of carbonyl (C=O) groups excluding carboxylic acids is 1. The van der Waals surface area contributed by atoms with Gasteiger partial charge < -0.3 is 10.0 Å². The summed E-state index contributed by atoms with van der Waals surface area (Å²) < 4.78 is 15.1. The van der Waals surface area contributed by atoms with Crippen LogP contribution < -0.4 is 0 Å². The van der Waals surface area contributed by atoms with E-state index < -0.39 is 11.6 Å². The Labute approximate surface area is 127 Å². The van der Waals surface area contributed by atoms with Crippen LogP contribution in [-0.4, -0.2) is 55.6 Å². The molecule has 0 spiro atoms. The minimum Gasteiger partial charge on any atom is -0.476 e. The number of carboxylic acids is 1. The van der Waals surface area contributed by atoms with Crippen molar-refractivity contribution in [1.29, 1.82) is 0 Å². The molecule has 1 aliphatic heterocycles. The number of hydrogen-bond acceptors (Lipinski definition) is 4. The monoisotopic (exact) mass is 310 g/mol. The first-order valence-electron chi connectivity index (χ1n) is 7.48. The highest BCUT2D eigenvalue weighted by molar-refractivity contribution is 5.84. The Morgan fingerprint density at radius 3 is 2.77 bits per heavy atom. The third-order valence-electron chi connectivity index (χ3n) is 4.50. The average molecular weight is 310 g/mol. The molecule has 1 aliphatic carbocycles. The van der Waals surface area contributed by atoms with E-state index in [-0.39, 0.29) is 23.6 Å². The maximum Gasteiger partial charge on any atom is 0.358 e. The van der Waals surface area contributed by atoms with Crippen LogP contribution in [0.15, 0.2) is 6.20 Å². The van der Waals surface area contributed by atoms with Crippen molar-refractivity contribution in [1.82, 2.24) is 19.9 Å². The molecule has 22 heavy (non-hydrogen) atoms. The minimum absolute atomic E-state index is 0.00148. The maximum atomic E-state index is 13.6. The summed E-state index contributed by atoms with van der Waals surface area (Å²) in [5.41, 5.74) is -1.31. The molecule has 120 valence electrons. The molecule has 7 nitrogen and oxygen atoms in total. The Balaban J connectivity index is 1.64. The van der Waals surface area contributed by atoms with Crippen LogP contribution >= 0.6 is 0 Å².